The minimum atomic E-state index is 0.0815. The van der Waals surface area contributed by atoms with Gasteiger partial charge in [0.15, 0.2) is 5.16 Å². The zero-order valence-electron chi connectivity index (χ0n) is 14.0. The minimum absolute atomic E-state index is 0.0815. The average Bonchev–Trinajstić information content (AvgIpc) is 2.46. The summed E-state index contributed by atoms with van der Waals surface area (Å²) in [7, 11) is 0. The van der Waals surface area contributed by atoms with Gasteiger partial charge in [-0.15, -0.1) is 0 Å². The number of nitriles is 1. The van der Waals surface area contributed by atoms with Gasteiger partial charge in [0.05, 0.1) is 12.5 Å². The Hall–Kier alpha value is -1.61. The molecular weight excluding hydrogens is 296 g/mol. The molecule has 0 atom stereocenters. The molecule has 0 saturated heterocycles. The third-order valence-corrected chi connectivity index (χ3v) is 4.13. The smallest absolute Gasteiger partial charge is 0.223 e. The van der Waals surface area contributed by atoms with E-state index >= 15 is 0 Å². The quantitative estimate of drug-likeness (QED) is 0.570. The van der Waals surface area contributed by atoms with Crippen molar-refractivity contribution in [2.75, 3.05) is 12.8 Å². The molecule has 5 nitrogen and oxygen atoms in total. The second kappa shape index (κ2) is 8.74. The second-order valence-corrected chi connectivity index (χ2v) is 6.22. The number of carbonyl (C=O) groups excluding carboxylic acids is 1. The van der Waals surface area contributed by atoms with Gasteiger partial charge in [-0.05, 0) is 45.9 Å². The molecule has 1 rings (SSSR count). The zero-order chi connectivity index (χ0) is 16.7. The summed E-state index contributed by atoms with van der Waals surface area (Å²) in [5.41, 5.74) is 2.94. The molecule has 0 fully saturated rings. The maximum absolute atomic E-state index is 12.4. The SMILES string of the molecule is CSc1nc(C)c(CCC(=O)N(CCC#N)C(C)C)c(C)n1. The summed E-state index contributed by atoms with van der Waals surface area (Å²) in [4.78, 5) is 23.0. The van der Waals surface area contributed by atoms with Crippen LogP contribution in [0.2, 0.25) is 0 Å². The highest BCUT2D eigenvalue weighted by Crippen LogP contribution is 2.17. The van der Waals surface area contributed by atoms with Gasteiger partial charge in [-0.3, -0.25) is 4.79 Å². The molecule has 6 heteroatoms. The van der Waals surface area contributed by atoms with Crippen LogP contribution in [0.4, 0.5) is 0 Å². The number of amides is 1. The van der Waals surface area contributed by atoms with Crippen LogP contribution >= 0.6 is 11.8 Å². The Labute approximate surface area is 137 Å². The Morgan fingerprint density at radius 2 is 1.91 bits per heavy atom. The van der Waals surface area contributed by atoms with Gasteiger partial charge in [-0.2, -0.15) is 5.26 Å². The molecule has 0 bridgehead atoms. The molecule has 0 aliphatic carbocycles. The Morgan fingerprint density at radius 3 is 2.36 bits per heavy atom. The number of hydrogen-bond donors (Lipinski definition) is 0. The third-order valence-electron chi connectivity index (χ3n) is 3.58. The van der Waals surface area contributed by atoms with Crippen molar-refractivity contribution in [2.24, 2.45) is 0 Å². The fourth-order valence-electron chi connectivity index (χ4n) is 2.38. The number of carbonyl (C=O) groups is 1. The van der Waals surface area contributed by atoms with E-state index < -0.39 is 0 Å². The maximum Gasteiger partial charge on any atom is 0.223 e. The highest BCUT2D eigenvalue weighted by molar-refractivity contribution is 7.98. The Kier molecular flexibility index (Phi) is 7.33. The van der Waals surface area contributed by atoms with Crippen LogP contribution in [-0.2, 0) is 11.2 Å². The van der Waals surface area contributed by atoms with Crippen LogP contribution in [0.5, 0.6) is 0 Å². The molecule has 1 amide bonds. The number of rotatable bonds is 7. The van der Waals surface area contributed by atoms with Crippen LogP contribution in [-0.4, -0.2) is 39.6 Å². The summed E-state index contributed by atoms with van der Waals surface area (Å²) in [5.74, 6) is 0.0815. The fraction of sp³-hybridized carbons (Fsp3) is 0.625. The van der Waals surface area contributed by atoms with Gasteiger partial charge in [0.25, 0.3) is 0 Å². The summed E-state index contributed by atoms with van der Waals surface area (Å²) in [5, 5.41) is 9.47. The van der Waals surface area contributed by atoms with E-state index in [2.05, 4.69) is 16.0 Å². The van der Waals surface area contributed by atoms with E-state index in [0.29, 0.717) is 25.8 Å². The summed E-state index contributed by atoms with van der Waals surface area (Å²) in [6.45, 7) is 8.37. The number of nitrogens with zero attached hydrogens (tertiary/aromatic N) is 4. The van der Waals surface area contributed by atoms with Crippen LogP contribution in [0.3, 0.4) is 0 Å². The first-order valence-corrected chi connectivity index (χ1v) is 8.67. The lowest BCUT2D eigenvalue weighted by molar-refractivity contribution is -0.132. The zero-order valence-corrected chi connectivity index (χ0v) is 14.8. The summed E-state index contributed by atoms with van der Waals surface area (Å²) < 4.78 is 0. The molecule has 0 unspecified atom stereocenters. The number of hydrogen-bond acceptors (Lipinski definition) is 5. The van der Waals surface area contributed by atoms with Crippen molar-refractivity contribution in [1.82, 2.24) is 14.9 Å². The van der Waals surface area contributed by atoms with E-state index in [9.17, 15) is 4.79 Å². The summed E-state index contributed by atoms with van der Waals surface area (Å²) >= 11 is 1.52. The molecule has 0 aliphatic heterocycles. The molecule has 1 heterocycles. The van der Waals surface area contributed by atoms with Gasteiger partial charge >= 0.3 is 0 Å². The average molecular weight is 320 g/mol. The first-order valence-electron chi connectivity index (χ1n) is 7.45. The molecular formula is C16H24N4OS. The molecule has 0 saturated carbocycles. The molecule has 0 N–H and O–H groups in total. The van der Waals surface area contributed by atoms with Crippen LogP contribution in [0, 0.1) is 25.2 Å². The standard InChI is InChI=1S/C16H24N4OS/c1-11(2)20(10-6-9-17)15(21)8-7-14-12(3)18-16(22-5)19-13(14)4/h11H,6-8,10H2,1-5H3. The third kappa shape index (κ3) is 4.99. The Balaban J connectivity index is 2.76. The maximum atomic E-state index is 12.4. The number of aryl methyl sites for hydroxylation is 2. The lowest BCUT2D eigenvalue weighted by Crippen LogP contribution is -2.37. The summed E-state index contributed by atoms with van der Waals surface area (Å²) in [6.07, 6.45) is 3.38. The van der Waals surface area contributed by atoms with Crippen molar-refractivity contribution in [3.63, 3.8) is 0 Å². The lowest BCUT2D eigenvalue weighted by Gasteiger charge is -2.26. The van der Waals surface area contributed by atoms with Gasteiger partial charge in [0.1, 0.15) is 0 Å². The normalized spacial score (nSPS) is 10.6. The minimum Gasteiger partial charge on any atom is -0.339 e. The van der Waals surface area contributed by atoms with Gasteiger partial charge < -0.3 is 4.90 Å². The first-order chi connectivity index (χ1) is 10.4. The van der Waals surface area contributed by atoms with Gasteiger partial charge in [0.2, 0.25) is 5.91 Å². The predicted octanol–water partition coefficient (Wildman–Crippen LogP) is 2.90. The van der Waals surface area contributed by atoms with Crippen molar-refractivity contribution in [1.29, 1.82) is 5.26 Å². The number of thioether (sulfide) groups is 1. The van der Waals surface area contributed by atoms with Crippen molar-refractivity contribution in [3.05, 3.63) is 17.0 Å². The van der Waals surface area contributed by atoms with Crippen molar-refractivity contribution < 1.29 is 4.79 Å². The van der Waals surface area contributed by atoms with E-state index in [1.54, 1.807) is 4.90 Å². The van der Waals surface area contributed by atoms with E-state index in [0.717, 1.165) is 22.1 Å². The van der Waals surface area contributed by atoms with Crippen LogP contribution in [0.1, 0.15) is 43.6 Å². The molecule has 1 aromatic rings. The van der Waals surface area contributed by atoms with Gasteiger partial charge in [-0.25, -0.2) is 9.97 Å². The van der Waals surface area contributed by atoms with E-state index in [-0.39, 0.29) is 11.9 Å². The molecule has 0 radical (unpaired) electrons. The van der Waals surface area contributed by atoms with E-state index in [1.165, 1.54) is 11.8 Å². The van der Waals surface area contributed by atoms with Crippen molar-refractivity contribution in [3.8, 4) is 6.07 Å². The van der Waals surface area contributed by atoms with E-state index in [1.807, 2.05) is 34.0 Å². The molecule has 1 aromatic heterocycles. The molecule has 0 aromatic carbocycles. The highest BCUT2D eigenvalue weighted by Gasteiger charge is 2.17. The molecule has 22 heavy (non-hydrogen) atoms. The monoisotopic (exact) mass is 320 g/mol. The van der Waals surface area contributed by atoms with E-state index in [4.69, 9.17) is 5.26 Å². The first kappa shape index (κ1) is 18.4. The Morgan fingerprint density at radius 1 is 1.32 bits per heavy atom. The largest absolute Gasteiger partial charge is 0.339 e. The predicted molar refractivity (Wildman–Crippen MR) is 88.7 cm³/mol. The molecule has 0 aliphatic rings. The van der Waals surface area contributed by atoms with Gasteiger partial charge in [-0.1, -0.05) is 11.8 Å². The topological polar surface area (TPSA) is 69.9 Å². The van der Waals surface area contributed by atoms with Crippen LogP contribution in [0.15, 0.2) is 5.16 Å². The van der Waals surface area contributed by atoms with Crippen molar-refractivity contribution in [2.45, 2.75) is 58.2 Å². The molecule has 120 valence electrons. The second-order valence-electron chi connectivity index (χ2n) is 5.45. The summed E-state index contributed by atoms with van der Waals surface area (Å²) in [6, 6.07) is 2.21. The van der Waals surface area contributed by atoms with Gasteiger partial charge in [0, 0.05) is 30.4 Å². The molecule has 0 spiro atoms. The van der Waals surface area contributed by atoms with Crippen LogP contribution in [0.25, 0.3) is 0 Å². The van der Waals surface area contributed by atoms with Crippen molar-refractivity contribution >= 4 is 17.7 Å². The Bertz CT molecular complexity index is 543. The number of aromatic nitrogens is 2. The lowest BCUT2D eigenvalue weighted by atomic mass is 10.1. The fourth-order valence-corrected chi connectivity index (χ4v) is 2.84. The highest BCUT2D eigenvalue weighted by atomic mass is 32.2. The van der Waals surface area contributed by atoms with Crippen LogP contribution < -0.4 is 0 Å².